The van der Waals surface area contributed by atoms with Gasteiger partial charge in [-0.05, 0) is 63.5 Å². The molecule has 0 atom stereocenters. The van der Waals surface area contributed by atoms with Gasteiger partial charge in [0.15, 0.2) is 5.71 Å². The minimum atomic E-state index is -4.52. The number of hydrogen-bond donors (Lipinski definition) is 1. The standard InChI is InChI=1S/C32H40N2O4S/c1-6-33-28-20-19-24(39(36,37)38)23-26(28)32(4,5)29(33)17-9-7-10-18-30-31(2,3)25-15-11-12-16-27(25)34(30)21-13-8-14-22-35/h7,9-12,15-20,23,35H,6,8,13-14,21-22H2,1-5H3. The zero-order valence-corrected chi connectivity index (χ0v) is 24.5. The predicted molar refractivity (Wildman–Crippen MR) is 157 cm³/mol. The van der Waals surface area contributed by atoms with Gasteiger partial charge in [0.2, 0.25) is 5.69 Å². The highest BCUT2D eigenvalue weighted by molar-refractivity contribution is 7.85. The summed E-state index contributed by atoms with van der Waals surface area (Å²) >= 11 is 0. The molecule has 1 N–H and O–H groups in total. The first-order valence-electron chi connectivity index (χ1n) is 13.7. The molecule has 4 rings (SSSR count). The summed E-state index contributed by atoms with van der Waals surface area (Å²) in [4.78, 5) is 1.98. The van der Waals surface area contributed by atoms with Crippen LogP contribution in [0, 0.1) is 0 Å². The van der Waals surface area contributed by atoms with Crippen LogP contribution >= 0.6 is 0 Å². The summed E-state index contributed by atoms with van der Waals surface area (Å²) in [5.41, 5.74) is 6.08. The number of hydrogen-bond acceptors (Lipinski definition) is 5. The van der Waals surface area contributed by atoms with E-state index in [4.69, 9.17) is 0 Å². The molecule has 0 radical (unpaired) electrons. The van der Waals surface area contributed by atoms with Crippen LogP contribution < -0.4 is 4.90 Å². The SMILES string of the molecule is CCN1C(=CC=CC=CC2=[N+](CCCCCO)c3ccccc3C2(C)C)C(C)(C)c2cc(S(=O)(=O)[O-])ccc21. The van der Waals surface area contributed by atoms with Crippen LogP contribution in [0.15, 0.2) is 83.4 Å². The van der Waals surface area contributed by atoms with Crippen LogP contribution in [0.3, 0.4) is 0 Å². The fourth-order valence-electron chi connectivity index (χ4n) is 5.95. The number of likely N-dealkylation sites (N-methyl/N-ethyl adjacent to an activating group) is 1. The molecule has 39 heavy (non-hydrogen) atoms. The van der Waals surface area contributed by atoms with Crippen molar-refractivity contribution >= 4 is 27.2 Å². The van der Waals surface area contributed by atoms with Crippen molar-refractivity contribution in [1.82, 2.24) is 0 Å². The lowest BCUT2D eigenvalue weighted by Gasteiger charge is -2.25. The number of nitrogens with zero attached hydrogens (tertiary/aromatic N) is 2. The molecule has 0 saturated heterocycles. The van der Waals surface area contributed by atoms with E-state index >= 15 is 0 Å². The van der Waals surface area contributed by atoms with Crippen molar-refractivity contribution in [2.24, 2.45) is 0 Å². The summed E-state index contributed by atoms with van der Waals surface area (Å²) in [5.74, 6) is 0. The van der Waals surface area contributed by atoms with E-state index in [1.54, 1.807) is 6.07 Å². The van der Waals surface area contributed by atoms with Gasteiger partial charge >= 0.3 is 0 Å². The lowest BCUT2D eigenvalue weighted by atomic mass is 9.81. The molecule has 0 unspecified atom stereocenters. The lowest BCUT2D eigenvalue weighted by molar-refractivity contribution is -0.438. The van der Waals surface area contributed by atoms with Gasteiger partial charge in [-0.25, -0.2) is 8.42 Å². The van der Waals surface area contributed by atoms with Crippen molar-refractivity contribution in [3.8, 4) is 0 Å². The fraction of sp³-hybridized carbons (Fsp3) is 0.406. The molecule has 2 aromatic carbocycles. The first-order chi connectivity index (χ1) is 18.4. The molecule has 0 aliphatic carbocycles. The third-order valence-corrected chi connectivity index (χ3v) is 8.87. The van der Waals surface area contributed by atoms with Crippen molar-refractivity contribution in [1.29, 1.82) is 0 Å². The smallest absolute Gasteiger partial charge is 0.209 e. The molecule has 0 spiro atoms. The van der Waals surface area contributed by atoms with Gasteiger partial charge in [0, 0.05) is 54.1 Å². The monoisotopic (exact) mass is 548 g/mol. The third kappa shape index (κ3) is 5.53. The Bertz CT molecular complexity index is 1460. The van der Waals surface area contributed by atoms with Crippen LogP contribution in [0.1, 0.15) is 65.0 Å². The van der Waals surface area contributed by atoms with E-state index in [0.29, 0.717) is 0 Å². The maximum atomic E-state index is 11.6. The molecule has 0 saturated carbocycles. The second-order valence-corrected chi connectivity index (χ2v) is 12.6. The van der Waals surface area contributed by atoms with Crippen molar-refractivity contribution in [2.75, 3.05) is 24.6 Å². The average Bonchev–Trinajstić information content (AvgIpc) is 3.24. The maximum Gasteiger partial charge on any atom is 0.209 e. The zero-order chi connectivity index (χ0) is 28.4. The molecule has 0 bridgehead atoms. The summed E-state index contributed by atoms with van der Waals surface area (Å²) in [6, 6.07) is 13.2. The van der Waals surface area contributed by atoms with E-state index in [-0.39, 0.29) is 16.9 Å². The van der Waals surface area contributed by atoms with Gasteiger partial charge < -0.3 is 14.6 Å². The van der Waals surface area contributed by atoms with E-state index in [1.165, 1.54) is 29.1 Å². The lowest BCUT2D eigenvalue weighted by Crippen LogP contribution is -2.27. The molecular weight excluding hydrogens is 508 g/mol. The highest BCUT2D eigenvalue weighted by atomic mass is 32.2. The Morgan fingerprint density at radius 3 is 2.38 bits per heavy atom. The number of aliphatic hydroxyl groups excluding tert-OH is 1. The number of unbranched alkanes of at least 4 members (excludes halogenated alkanes) is 2. The fourth-order valence-corrected chi connectivity index (χ4v) is 6.45. The Morgan fingerprint density at radius 1 is 0.949 bits per heavy atom. The van der Waals surface area contributed by atoms with E-state index < -0.39 is 15.5 Å². The van der Waals surface area contributed by atoms with E-state index in [1.807, 2.05) is 12.2 Å². The van der Waals surface area contributed by atoms with Gasteiger partial charge in [-0.1, -0.05) is 50.3 Å². The van der Waals surface area contributed by atoms with Crippen molar-refractivity contribution in [2.45, 2.75) is 69.6 Å². The second-order valence-electron chi connectivity index (χ2n) is 11.3. The van der Waals surface area contributed by atoms with E-state index in [9.17, 15) is 18.1 Å². The molecular formula is C32H40N2O4S. The quantitative estimate of drug-likeness (QED) is 0.172. The van der Waals surface area contributed by atoms with Gasteiger partial charge in [0.1, 0.15) is 16.7 Å². The van der Waals surface area contributed by atoms with E-state index in [0.717, 1.165) is 49.3 Å². The van der Waals surface area contributed by atoms with Gasteiger partial charge in [0.05, 0.1) is 10.3 Å². The van der Waals surface area contributed by atoms with Crippen LogP contribution in [0.2, 0.25) is 0 Å². The minimum Gasteiger partial charge on any atom is -0.744 e. The highest BCUT2D eigenvalue weighted by Gasteiger charge is 2.43. The van der Waals surface area contributed by atoms with Crippen LogP contribution in [0.5, 0.6) is 0 Å². The van der Waals surface area contributed by atoms with Gasteiger partial charge in [-0.3, -0.25) is 0 Å². The van der Waals surface area contributed by atoms with Crippen molar-refractivity contribution in [3.63, 3.8) is 0 Å². The average molecular weight is 549 g/mol. The number of benzene rings is 2. The zero-order valence-electron chi connectivity index (χ0n) is 23.6. The molecule has 7 heteroatoms. The predicted octanol–water partition coefficient (Wildman–Crippen LogP) is 5.94. The molecule has 0 amide bonds. The van der Waals surface area contributed by atoms with Crippen molar-refractivity contribution in [3.05, 3.63) is 89.7 Å². The summed E-state index contributed by atoms with van der Waals surface area (Å²) < 4.78 is 37.3. The Balaban J connectivity index is 1.61. The van der Waals surface area contributed by atoms with Crippen LogP contribution in [0.4, 0.5) is 11.4 Å². The Kier molecular flexibility index (Phi) is 8.36. The normalized spacial score (nSPS) is 19.1. The molecule has 0 fully saturated rings. The van der Waals surface area contributed by atoms with E-state index in [2.05, 4.69) is 86.6 Å². The molecule has 2 heterocycles. The number of fused-ring (bicyclic) bond motifs is 2. The number of para-hydroxylation sites is 1. The number of rotatable bonds is 10. The van der Waals surface area contributed by atoms with Gasteiger partial charge in [0.25, 0.3) is 0 Å². The highest BCUT2D eigenvalue weighted by Crippen LogP contribution is 2.48. The summed E-state index contributed by atoms with van der Waals surface area (Å²) in [5, 5.41) is 9.17. The van der Waals surface area contributed by atoms with Crippen LogP contribution in [-0.2, 0) is 20.9 Å². The maximum absolute atomic E-state index is 11.6. The van der Waals surface area contributed by atoms with Gasteiger partial charge in [-0.15, -0.1) is 0 Å². The molecule has 208 valence electrons. The second kappa shape index (κ2) is 11.2. The first-order valence-corrected chi connectivity index (χ1v) is 15.1. The Hall–Kier alpha value is -3.00. The first kappa shape index (κ1) is 29.0. The summed E-state index contributed by atoms with van der Waals surface area (Å²) in [7, 11) is -4.52. The minimum absolute atomic E-state index is 0.121. The Morgan fingerprint density at radius 2 is 1.69 bits per heavy atom. The number of allylic oxidation sites excluding steroid dienone is 6. The third-order valence-electron chi connectivity index (χ3n) is 8.04. The molecule has 2 aromatic rings. The van der Waals surface area contributed by atoms with Crippen LogP contribution in [0.25, 0.3) is 0 Å². The summed E-state index contributed by atoms with van der Waals surface area (Å²) in [6.07, 6.45) is 13.2. The molecule has 2 aliphatic rings. The number of aliphatic hydroxyl groups is 1. The molecule has 2 aliphatic heterocycles. The largest absolute Gasteiger partial charge is 0.744 e. The van der Waals surface area contributed by atoms with Crippen LogP contribution in [-0.4, -0.2) is 48.1 Å². The van der Waals surface area contributed by atoms with Gasteiger partial charge in [-0.2, -0.15) is 4.58 Å². The topological polar surface area (TPSA) is 83.7 Å². The number of anilines is 1. The van der Waals surface area contributed by atoms with Crippen molar-refractivity contribution < 1.29 is 22.7 Å². The Labute approximate surface area is 233 Å². The summed E-state index contributed by atoms with van der Waals surface area (Å²) in [6.45, 7) is 12.6. The molecule has 0 aromatic heterocycles. The molecule has 6 nitrogen and oxygen atoms in total.